The van der Waals surface area contributed by atoms with Crippen LogP contribution in [0.25, 0.3) is 11.3 Å². The third-order valence-electron chi connectivity index (χ3n) is 2.66. The molecule has 0 amide bonds. The summed E-state index contributed by atoms with van der Waals surface area (Å²) >= 11 is 0. The van der Waals surface area contributed by atoms with Gasteiger partial charge in [-0.1, -0.05) is 26.0 Å². The first-order valence-electron chi connectivity index (χ1n) is 5.51. The third kappa shape index (κ3) is 2.20. The van der Waals surface area contributed by atoms with Crippen LogP contribution in [0.3, 0.4) is 0 Å². The van der Waals surface area contributed by atoms with Crippen LogP contribution in [0.15, 0.2) is 30.3 Å². The second-order valence-corrected chi connectivity index (χ2v) is 4.24. The quantitative estimate of drug-likeness (QED) is 0.830. The van der Waals surface area contributed by atoms with E-state index in [1.807, 2.05) is 26.0 Å². The van der Waals surface area contributed by atoms with Gasteiger partial charge in [-0.25, -0.2) is 0 Å². The molecule has 0 aliphatic rings. The minimum Gasteiger partial charge on any atom is -0.507 e. The molecule has 0 spiro atoms. The molecule has 88 valence electrons. The highest BCUT2D eigenvalue weighted by Gasteiger charge is 2.11. The van der Waals surface area contributed by atoms with Gasteiger partial charge >= 0.3 is 0 Å². The number of anilines is 1. The number of aromatic nitrogens is 2. The normalized spacial score (nSPS) is 10.8. The van der Waals surface area contributed by atoms with Crippen molar-refractivity contribution in [2.75, 3.05) is 5.73 Å². The molecule has 1 aromatic carbocycles. The Hall–Kier alpha value is -2.10. The van der Waals surface area contributed by atoms with Crippen molar-refractivity contribution < 1.29 is 5.11 Å². The second kappa shape index (κ2) is 4.41. The number of hydrogen-bond acceptors (Lipinski definition) is 4. The number of phenolic OH excluding ortho intramolecular Hbond substituents is 1. The first-order valence-corrected chi connectivity index (χ1v) is 5.51. The van der Waals surface area contributed by atoms with E-state index in [0.717, 1.165) is 5.56 Å². The van der Waals surface area contributed by atoms with Crippen molar-refractivity contribution in [1.29, 1.82) is 0 Å². The Morgan fingerprint density at radius 2 is 1.88 bits per heavy atom. The van der Waals surface area contributed by atoms with Crippen LogP contribution >= 0.6 is 0 Å². The first-order chi connectivity index (χ1) is 8.09. The number of nitrogens with two attached hydrogens (primary N) is 1. The highest BCUT2D eigenvalue weighted by atomic mass is 16.3. The molecule has 1 aromatic heterocycles. The Morgan fingerprint density at radius 1 is 1.18 bits per heavy atom. The molecule has 0 fully saturated rings. The summed E-state index contributed by atoms with van der Waals surface area (Å²) in [7, 11) is 0. The molecule has 0 aliphatic carbocycles. The van der Waals surface area contributed by atoms with Gasteiger partial charge in [-0.05, 0) is 24.1 Å². The van der Waals surface area contributed by atoms with E-state index in [9.17, 15) is 5.11 Å². The molecule has 17 heavy (non-hydrogen) atoms. The number of nitrogens with zero attached hydrogens (tertiary/aromatic N) is 2. The highest BCUT2D eigenvalue weighted by Crippen LogP contribution is 2.29. The Bertz CT molecular complexity index is 538. The Morgan fingerprint density at radius 3 is 2.53 bits per heavy atom. The summed E-state index contributed by atoms with van der Waals surface area (Å²) in [6.07, 6.45) is 0. The molecule has 0 radical (unpaired) electrons. The van der Waals surface area contributed by atoms with Crippen LogP contribution in [0.1, 0.15) is 25.3 Å². The van der Waals surface area contributed by atoms with Gasteiger partial charge in [-0.15, -0.1) is 10.2 Å². The molecular formula is C13H15N3O. The molecule has 0 bridgehead atoms. The predicted molar refractivity (Wildman–Crippen MR) is 67.6 cm³/mol. The highest BCUT2D eigenvalue weighted by molar-refractivity contribution is 5.67. The molecule has 3 N–H and O–H groups in total. The fourth-order valence-electron chi connectivity index (χ4n) is 1.70. The number of benzene rings is 1. The lowest BCUT2D eigenvalue weighted by molar-refractivity contribution is 0.477. The monoisotopic (exact) mass is 229 g/mol. The van der Waals surface area contributed by atoms with Gasteiger partial charge in [0.15, 0.2) is 0 Å². The number of aromatic hydroxyl groups is 1. The Balaban J connectivity index is 2.54. The van der Waals surface area contributed by atoms with Gasteiger partial charge in [0.05, 0.1) is 5.69 Å². The van der Waals surface area contributed by atoms with Crippen LogP contribution in [0.4, 0.5) is 5.82 Å². The van der Waals surface area contributed by atoms with E-state index < -0.39 is 0 Å². The average Bonchev–Trinajstić information content (AvgIpc) is 2.30. The SMILES string of the molecule is CC(C)c1cc(-c2ccccc2O)nnc1N. The molecule has 2 rings (SSSR count). The molecule has 0 saturated heterocycles. The molecule has 4 heteroatoms. The van der Waals surface area contributed by atoms with Crippen molar-refractivity contribution >= 4 is 5.82 Å². The van der Waals surface area contributed by atoms with Crippen LogP contribution in [0.5, 0.6) is 5.75 Å². The molecule has 0 unspecified atom stereocenters. The van der Waals surface area contributed by atoms with Crippen LogP contribution < -0.4 is 5.73 Å². The molecule has 0 atom stereocenters. The zero-order valence-corrected chi connectivity index (χ0v) is 9.88. The molecule has 1 heterocycles. The van der Waals surface area contributed by atoms with Crippen molar-refractivity contribution in [3.05, 3.63) is 35.9 Å². The van der Waals surface area contributed by atoms with Crippen LogP contribution in [0, 0.1) is 0 Å². The maximum atomic E-state index is 9.76. The van der Waals surface area contributed by atoms with E-state index in [1.165, 1.54) is 0 Å². The van der Waals surface area contributed by atoms with Gasteiger partial charge in [0, 0.05) is 11.1 Å². The lowest BCUT2D eigenvalue weighted by Crippen LogP contribution is -2.02. The average molecular weight is 229 g/mol. The molecule has 0 saturated carbocycles. The van der Waals surface area contributed by atoms with Gasteiger partial charge in [0.25, 0.3) is 0 Å². The Labute approximate surface area is 100 Å². The van der Waals surface area contributed by atoms with E-state index in [0.29, 0.717) is 17.1 Å². The summed E-state index contributed by atoms with van der Waals surface area (Å²) in [4.78, 5) is 0. The molecule has 2 aromatic rings. The summed E-state index contributed by atoms with van der Waals surface area (Å²) in [6, 6.07) is 8.93. The minimum atomic E-state index is 0.196. The van der Waals surface area contributed by atoms with Crippen LogP contribution in [-0.4, -0.2) is 15.3 Å². The van der Waals surface area contributed by atoms with E-state index in [2.05, 4.69) is 10.2 Å². The molecular weight excluding hydrogens is 214 g/mol. The van der Waals surface area contributed by atoms with E-state index >= 15 is 0 Å². The number of nitrogen functional groups attached to an aromatic ring is 1. The van der Waals surface area contributed by atoms with E-state index in [-0.39, 0.29) is 11.7 Å². The van der Waals surface area contributed by atoms with Gasteiger partial charge < -0.3 is 10.8 Å². The number of phenols is 1. The fraction of sp³-hybridized carbons (Fsp3) is 0.231. The lowest BCUT2D eigenvalue weighted by atomic mass is 10.0. The Kier molecular flexibility index (Phi) is 2.95. The zero-order valence-electron chi connectivity index (χ0n) is 9.88. The number of rotatable bonds is 2. The minimum absolute atomic E-state index is 0.196. The van der Waals surface area contributed by atoms with Gasteiger partial charge in [0.2, 0.25) is 0 Å². The molecule has 4 nitrogen and oxygen atoms in total. The fourth-order valence-corrected chi connectivity index (χ4v) is 1.70. The summed E-state index contributed by atoms with van der Waals surface area (Å²) in [5.74, 6) is 0.913. The summed E-state index contributed by atoms with van der Waals surface area (Å²) in [6.45, 7) is 4.09. The van der Waals surface area contributed by atoms with Crippen LogP contribution in [-0.2, 0) is 0 Å². The second-order valence-electron chi connectivity index (χ2n) is 4.24. The van der Waals surface area contributed by atoms with Crippen molar-refractivity contribution in [2.24, 2.45) is 0 Å². The number of hydrogen-bond donors (Lipinski definition) is 2. The topological polar surface area (TPSA) is 72.0 Å². The number of para-hydroxylation sites is 1. The van der Waals surface area contributed by atoms with Crippen molar-refractivity contribution in [2.45, 2.75) is 19.8 Å². The largest absolute Gasteiger partial charge is 0.507 e. The van der Waals surface area contributed by atoms with Crippen molar-refractivity contribution in [3.8, 4) is 17.0 Å². The maximum absolute atomic E-state index is 9.76. The summed E-state index contributed by atoms with van der Waals surface area (Å²) in [5, 5.41) is 17.7. The van der Waals surface area contributed by atoms with Crippen molar-refractivity contribution in [1.82, 2.24) is 10.2 Å². The summed E-state index contributed by atoms with van der Waals surface area (Å²) in [5.41, 5.74) is 8.02. The van der Waals surface area contributed by atoms with Crippen molar-refractivity contribution in [3.63, 3.8) is 0 Å². The van der Waals surface area contributed by atoms with E-state index in [1.54, 1.807) is 18.2 Å². The van der Waals surface area contributed by atoms with Gasteiger partial charge in [-0.2, -0.15) is 0 Å². The predicted octanol–water partition coefficient (Wildman–Crippen LogP) is 2.55. The smallest absolute Gasteiger partial charge is 0.149 e. The van der Waals surface area contributed by atoms with Gasteiger partial charge in [-0.3, -0.25) is 0 Å². The lowest BCUT2D eigenvalue weighted by Gasteiger charge is -2.10. The third-order valence-corrected chi connectivity index (χ3v) is 2.66. The maximum Gasteiger partial charge on any atom is 0.149 e. The van der Waals surface area contributed by atoms with E-state index in [4.69, 9.17) is 5.73 Å². The van der Waals surface area contributed by atoms with Crippen LogP contribution in [0.2, 0.25) is 0 Å². The standard InChI is InChI=1S/C13H15N3O/c1-8(2)10-7-11(15-16-13(10)14)9-5-3-4-6-12(9)17/h3-8,17H,1-2H3,(H2,14,16). The zero-order chi connectivity index (χ0) is 12.4. The first kappa shape index (κ1) is 11.4. The van der Waals surface area contributed by atoms with Gasteiger partial charge in [0.1, 0.15) is 11.6 Å². The molecule has 0 aliphatic heterocycles. The summed E-state index contributed by atoms with van der Waals surface area (Å²) < 4.78 is 0.